The Kier molecular flexibility index (Phi) is 6.43. The summed E-state index contributed by atoms with van der Waals surface area (Å²) in [5.74, 6) is 1.14. The number of rotatable bonds is 6. The molecular formula is C19H23N3O4. The number of methoxy groups -OCH3 is 2. The highest BCUT2D eigenvalue weighted by atomic mass is 16.5. The molecule has 0 spiro atoms. The van der Waals surface area contributed by atoms with E-state index in [0.717, 1.165) is 5.56 Å². The average Bonchev–Trinajstić information content (AvgIpc) is 2.63. The number of nitrogens with one attached hydrogen (secondary N) is 2. The third-order valence-electron chi connectivity index (χ3n) is 3.71. The van der Waals surface area contributed by atoms with Crippen molar-refractivity contribution in [1.82, 2.24) is 4.90 Å². The zero-order chi connectivity index (χ0) is 19.1. The molecule has 0 heterocycles. The molecule has 0 aromatic heterocycles. The van der Waals surface area contributed by atoms with Gasteiger partial charge in [-0.25, -0.2) is 4.79 Å². The van der Waals surface area contributed by atoms with E-state index in [1.54, 1.807) is 56.4 Å². The first-order chi connectivity index (χ1) is 12.4. The Hall–Kier alpha value is -3.22. The van der Waals surface area contributed by atoms with Crippen LogP contribution in [0.15, 0.2) is 42.5 Å². The second-order valence-corrected chi connectivity index (χ2v) is 5.81. The van der Waals surface area contributed by atoms with Crippen molar-refractivity contribution in [3.05, 3.63) is 48.0 Å². The van der Waals surface area contributed by atoms with Gasteiger partial charge < -0.3 is 25.0 Å². The second-order valence-electron chi connectivity index (χ2n) is 5.81. The standard InChI is InChI=1S/C19H23N3O4/c1-22(2)18(23)11-13-5-7-14(8-6-13)20-19(24)21-15-9-10-16(25-3)17(12-15)26-4/h5-10,12H,11H2,1-4H3,(H2,20,21,24). The van der Waals surface area contributed by atoms with E-state index in [1.165, 1.54) is 7.11 Å². The molecule has 7 heteroatoms. The Morgan fingerprint density at radius 1 is 0.885 bits per heavy atom. The van der Waals surface area contributed by atoms with E-state index >= 15 is 0 Å². The fourth-order valence-corrected chi connectivity index (χ4v) is 2.25. The maximum absolute atomic E-state index is 12.1. The quantitative estimate of drug-likeness (QED) is 0.833. The highest BCUT2D eigenvalue weighted by Gasteiger charge is 2.09. The van der Waals surface area contributed by atoms with E-state index in [9.17, 15) is 9.59 Å². The van der Waals surface area contributed by atoms with Crippen molar-refractivity contribution in [3.63, 3.8) is 0 Å². The van der Waals surface area contributed by atoms with Crippen LogP contribution in [0.2, 0.25) is 0 Å². The lowest BCUT2D eigenvalue weighted by molar-refractivity contribution is -0.127. The van der Waals surface area contributed by atoms with Crippen LogP contribution in [0.1, 0.15) is 5.56 Å². The van der Waals surface area contributed by atoms with Crippen LogP contribution in [0.25, 0.3) is 0 Å². The van der Waals surface area contributed by atoms with Crippen LogP contribution in [-0.4, -0.2) is 45.2 Å². The topological polar surface area (TPSA) is 79.9 Å². The van der Waals surface area contributed by atoms with Gasteiger partial charge in [0.05, 0.1) is 20.6 Å². The van der Waals surface area contributed by atoms with Crippen molar-refractivity contribution >= 4 is 23.3 Å². The van der Waals surface area contributed by atoms with Crippen LogP contribution >= 0.6 is 0 Å². The molecule has 2 aromatic carbocycles. The largest absolute Gasteiger partial charge is 0.493 e. The van der Waals surface area contributed by atoms with Crippen molar-refractivity contribution in [2.24, 2.45) is 0 Å². The monoisotopic (exact) mass is 357 g/mol. The van der Waals surface area contributed by atoms with Crippen molar-refractivity contribution in [3.8, 4) is 11.5 Å². The SMILES string of the molecule is COc1ccc(NC(=O)Nc2ccc(CC(=O)N(C)C)cc2)cc1OC. The number of hydrogen-bond donors (Lipinski definition) is 2. The lowest BCUT2D eigenvalue weighted by atomic mass is 10.1. The molecule has 3 amide bonds. The van der Waals surface area contributed by atoms with Gasteiger partial charge in [-0.2, -0.15) is 0 Å². The number of urea groups is 1. The van der Waals surface area contributed by atoms with Crippen molar-refractivity contribution in [2.75, 3.05) is 38.9 Å². The fourth-order valence-electron chi connectivity index (χ4n) is 2.25. The zero-order valence-electron chi connectivity index (χ0n) is 15.3. The summed E-state index contributed by atoms with van der Waals surface area (Å²) in [6, 6.07) is 11.9. The van der Waals surface area contributed by atoms with Gasteiger partial charge in [-0.3, -0.25) is 4.79 Å². The van der Waals surface area contributed by atoms with Crippen LogP contribution in [0, 0.1) is 0 Å². The summed E-state index contributed by atoms with van der Waals surface area (Å²) in [7, 11) is 6.52. The molecule has 26 heavy (non-hydrogen) atoms. The minimum Gasteiger partial charge on any atom is -0.493 e. The van der Waals surface area contributed by atoms with Gasteiger partial charge in [0.1, 0.15) is 0 Å². The van der Waals surface area contributed by atoms with Crippen LogP contribution in [0.5, 0.6) is 11.5 Å². The molecule has 0 unspecified atom stereocenters. The fraction of sp³-hybridized carbons (Fsp3) is 0.263. The molecule has 0 aliphatic heterocycles. The summed E-state index contributed by atoms with van der Waals surface area (Å²) in [5.41, 5.74) is 2.09. The van der Waals surface area contributed by atoms with Crippen LogP contribution in [0.3, 0.4) is 0 Å². The van der Waals surface area contributed by atoms with Crippen molar-refractivity contribution < 1.29 is 19.1 Å². The first-order valence-corrected chi connectivity index (χ1v) is 8.02. The van der Waals surface area contributed by atoms with Gasteiger partial charge in [-0.05, 0) is 29.8 Å². The summed E-state index contributed by atoms with van der Waals surface area (Å²) in [6.45, 7) is 0. The average molecular weight is 357 g/mol. The Balaban J connectivity index is 1.96. The molecule has 0 saturated heterocycles. The number of ether oxygens (including phenoxy) is 2. The molecule has 7 nitrogen and oxygen atoms in total. The van der Waals surface area contributed by atoms with E-state index in [0.29, 0.717) is 29.3 Å². The zero-order valence-corrected chi connectivity index (χ0v) is 15.3. The molecule has 138 valence electrons. The molecule has 0 bridgehead atoms. The number of amides is 3. The van der Waals surface area contributed by atoms with Gasteiger partial charge in [0.25, 0.3) is 0 Å². The van der Waals surface area contributed by atoms with Gasteiger partial charge in [0.2, 0.25) is 5.91 Å². The van der Waals surface area contributed by atoms with E-state index in [1.807, 2.05) is 12.1 Å². The van der Waals surface area contributed by atoms with Crippen LogP contribution < -0.4 is 20.1 Å². The first kappa shape index (κ1) is 19.1. The van der Waals surface area contributed by atoms with Gasteiger partial charge in [-0.15, -0.1) is 0 Å². The Bertz CT molecular complexity index is 773. The third kappa shape index (κ3) is 5.14. The predicted molar refractivity (Wildman–Crippen MR) is 101 cm³/mol. The normalized spacial score (nSPS) is 10.0. The summed E-state index contributed by atoms with van der Waals surface area (Å²) >= 11 is 0. The van der Waals surface area contributed by atoms with Gasteiger partial charge in [-0.1, -0.05) is 12.1 Å². The van der Waals surface area contributed by atoms with Gasteiger partial charge in [0.15, 0.2) is 11.5 Å². The molecule has 2 aromatic rings. The van der Waals surface area contributed by atoms with Crippen molar-refractivity contribution in [1.29, 1.82) is 0 Å². The number of carbonyl (C=O) groups excluding carboxylic acids is 2. The highest BCUT2D eigenvalue weighted by Crippen LogP contribution is 2.29. The molecule has 0 saturated carbocycles. The number of benzene rings is 2. The van der Waals surface area contributed by atoms with Crippen molar-refractivity contribution in [2.45, 2.75) is 6.42 Å². The Labute approximate surface area is 152 Å². The van der Waals surface area contributed by atoms with E-state index in [-0.39, 0.29) is 11.9 Å². The van der Waals surface area contributed by atoms with Crippen LogP contribution in [0.4, 0.5) is 16.2 Å². The molecule has 2 N–H and O–H groups in total. The van der Waals surface area contributed by atoms with Gasteiger partial charge >= 0.3 is 6.03 Å². The lowest BCUT2D eigenvalue weighted by Crippen LogP contribution is -2.23. The molecular weight excluding hydrogens is 334 g/mol. The summed E-state index contributed by atoms with van der Waals surface area (Å²) in [5, 5.41) is 5.47. The smallest absolute Gasteiger partial charge is 0.323 e. The number of carbonyl (C=O) groups is 2. The summed E-state index contributed by atoms with van der Waals surface area (Å²) in [6.07, 6.45) is 0.325. The van der Waals surface area contributed by atoms with E-state index in [4.69, 9.17) is 9.47 Å². The van der Waals surface area contributed by atoms with Crippen LogP contribution in [-0.2, 0) is 11.2 Å². The number of likely N-dealkylation sites (N-methyl/N-ethyl adjacent to an activating group) is 1. The molecule has 0 atom stereocenters. The van der Waals surface area contributed by atoms with E-state index < -0.39 is 0 Å². The maximum Gasteiger partial charge on any atom is 0.323 e. The third-order valence-corrected chi connectivity index (χ3v) is 3.71. The Morgan fingerprint density at radius 3 is 2.04 bits per heavy atom. The molecule has 2 rings (SSSR count). The molecule has 0 aliphatic carbocycles. The first-order valence-electron chi connectivity index (χ1n) is 8.02. The number of nitrogens with zero attached hydrogens (tertiary/aromatic N) is 1. The lowest BCUT2D eigenvalue weighted by Gasteiger charge is -2.12. The minimum absolute atomic E-state index is 0.0249. The van der Waals surface area contributed by atoms with E-state index in [2.05, 4.69) is 10.6 Å². The maximum atomic E-state index is 12.1. The number of anilines is 2. The minimum atomic E-state index is -0.380. The molecule has 0 aliphatic rings. The van der Waals surface area contributed by atoms with Gasteiger partial charge in [0, 0.05) is 31.5 Å². The predicted octanol–water partition coefficient (Wildman–Crippen LogP) is 2.98. The summed E-state index contributed by atoms with van der Waals surface area (Å²) < 4.78 is 10.4. The summed E-state index contributed by atoms with van der Waals surface area (Å²) in [4.78, 5) is 25.4. The number of hydrogen-bond acceptors (Lipinski definition) is 4. The Morgan fingerprint density at radius 2 is 1.46 bits per heavy atom. The molecule has 0 fully saturated rings. The molecule has 0 radical (unpaired) electrons. The highest BCUT2D eigenvalue weighted by molar-refractivity contribution is 6.00. The second kappa shape index (κ2) is 8.75.